The predicted molar refractivity (Wildman–Crippen MR) is 118 cm³/mol. The molecule has 0 bridgehead atoms. The van der Waals surface area contributed by atoms with Crippen LogP contribution < -0.4 is 0 Å². The van der Waals surface area contributed by atoms with Crippen molar-refractivity contribution in [3.63, 3.8) is 0 Å². The molecule has 0 aromatic carbocycles. The van der Waals surface area contributed by atoms with E-state index in [1.165, 1.54) is 96.3 Å². The molecule has 0 aromatic rings. The first-order valence-corrected chi connectivity index (χ1v) is 12.5. The average Bonchev–Trinajstić information content (AvgIpc) is 3.47. The standard InChI is InChI=1S/C25H46O3/c1-2-3-4-5-6-7-8-9-10-11-12-13-18-23-24(28-23)19-14-16-21-26-25-20-15-17-22-27-25/h13,18,23-25H,2-12,14-17,19-22H2,1H3/b18-13+/t23-,24-,25?/m0/s1. The molecule has 164 valence electrons. The SMILES string of the molecule is CCCCCCCCCCCC/C=C/[C@@H]1O[C@H]1CCCCOC1CCCCO1. The molecule has 0 aromatic heterocycles. The van der Waals surface area contributed by atoms with Crippen LogP contribution in [-0.2, 0) is 14.2 Å². The maximum atomic E-state index is 5.78. The zero-order valence-corrected chi connectivity index (χ0v) is 18.5. The van der Waals surface area contributed by atoms with Gasteiger partial charge in [-0.3, -0.25) is 0 Å². The Balaban J connectivity index is 1.29. The molecule has 2 aliphatic heterocycles. The Hall–Kier alpha value is -0.380. The first-order chi connectivity index (χ1) is 13.9. The zero-order chi connectivity index (χ0) is 19.7. The van der Waals surface area contributed by atoms with E-state index in [1.807, 2.05) is 0 Å². The van der Waals surface area contributed by atoms with Crippen LogP contribution in [0.5, 0.6) is 0 Å². The van der Waals surface area contributed by atoms with Crippen LogP contribution in [0, 0.1) is 0 Å². The molecule has 3 heteroatoms. The highest BCUT2D eigenvalue weighted by atomic mass is 16.7. The second-order valence-electron chi connectivity index (χ2n) is 8.70. The van der Waals surface area contributed by atoms with Crippen molar-refractivity contribution in [1.29, 1.82) is 0 Å². The Morgan fingerprint density at radius 2 is 1.61 bits per heavy atom. The highest BCUT2D eigenvalue weighted by Gasteiger charge is 2.35. The summed E-state index contributed by atoms with van der Waals surface area (Å²) in [7, 11) is 0. The van der Waals surface area contributed by atoms with E-state index in [4.69, 9.17) is 14.2 Å². The Morgan fingerprint density at radius 1 is 0.857 bits per heavy atom. The van der Waals surface area contributed by atoms with Gasteiger partial charge in [-0.25, -0.2) is 0 Å². The van der Waals surface area contributed by atoms with Gasteiger partial charge in [-0.15, -0.1) is 0 Å². The molecule has 0 amide bonds. The molecule has 0 radical (unpaired) electrons. The molecule has 2 fully saturated rings. The quantitative estimate of drug-likeness (QED) is 0.138. The molecule has 0 spiro atoms. The molecule has 28 heavy (non-hydrogen) atoms. The topological polar surface area (TPSA) is 31.0 Å². The van der Waals surface area contributed by atoms with Crippen molar-refractivity contribution in [1.82, 2.24) is 0 Å². The molecule has 0 N–H and O–H groups in total. The Labute approximate surface area is 174 Å². The minimum atomic E-state index is 0.0624. The molecule has 0 saturated carbocycles. The van der Waals surface area contributed by atoms with E-state index in [9.17, 15) is 0 Å². The van der Waals surface area contributed by atoms with Crippen LogP contribution in [0.15, 0.2) is 12.2 Å². The van der Waals surface area contributed by atoms with Gasteiger partial charge in [0.2, 0.25) is 0 Å². The fourth-order valence-corrected chi connectivity index (χ4v) is 4.04. The molecule has 2 aliphatic rings. The minimum absolute atomic E-state index is 0.0624. The fraction of sp³-hybridized carbons (Fsp3) is 0.920. The van der Waals surface area contributed by atoms with Crippen molar-refractivity contribution < 1.29 is 14.2 Å². The lowest BCUT2D eigenvalue weighted by Gasteiger charge is -2.22. The van der Waals surface area contributed by atoms with Crippen molar-refractivity contribution >= 4 is 0 Å². The van der Waals surface area contributed by atoms with Crippen molar-refractivity contribution in [2.24, 2.45) is 0 Å². The van der Waals surface area contributed by atoms with E-state index in [2.05, 4.69) is 19.1 Å². The molecule has 0 aliphatic carbocycles. The number of ether oxygens (including phenoxy) is 3. The Morgan fingerprint density at radius 3 is 2.32 bits per heavy atom. The molecule has 3 nitrogen and oxygen atoms in total. The van der Waals surface area contributed by atoms with Gasteiger partial charge in [-0.1, -0.05) is 76.9 Å². The third-order valence-corrected chi connectivity index (χ3v) is 6.00. The van der Waals surface area contributed by atoms with Crippen LogP contribution in [0.3, 0.4) is 0 Å². The van der Waals surface area contributed by atoms with Crippen molar-refractivity contribution in [3.05, 3.63) is 12.2 Å². The molecule has 3 atom stereocenters. The van der Waals surface area contributed by atoms with Crippen LogP contribution in [0.2, 0.25) is 0 Å². The van der Waals surface area contributed by atoms with E-state index in [1.54, 1.807) is 0 Å². The third kappa shape index (κ3) is 12.2. The largest absolute Gasteiger partial charge is 0.365 e. The van der Waals surface area contributed by atoms with Gasteiger partial charge in [0.15, 0.2) is 6.29 Å². The van der Waals surface area contributed by atoms with Gasteiger partial charge in [0.05, 0.1) is 6.10 Å². The number of allylic oxidation sites excluding steroid dienone is 1. The lowest BCUT2D eigenvalue weighted by molar-refractivity contribution is -0.162. The van der Waals surface area contributed by atoms with Crippen molar-refractivity contribution in [2.75, 3.05) is 13.2 Å². The van der Waals surface area contributed by atoms with Gasteiger partial charge in [0.1, 0.15) is 6.10 Å². The van der Waals surface area contributed by atoms with E-state index in [-0.39, 0.29) is 6.29 Å². The summed E-state index contributed by atoms with van der Waals surface area (Å²) in [5.41, 5.74) is 0. The lowest BCUT2D eigenvalue weighted by atomic mass is 10.1. The first-order valence-electron chi connectivity index (χ1n) is 12.5. The molecule has 2 saturated heterocycles. The Bertz CT molecular complexity index is 376. The zero-order valence-electron chi connectivity index (χ0n) is 18.5. The van der Waals surface area contributed by atoms with Gasteiger partial charge < -0.3 is 14.2 Å². The van der Waals surface area contributed by atoms with E-state index in [0.29, 0.717) is 12.2 Å². The molecule has 2 heterocycles. The van der Waals surface area contributed by atoms with Crippen LogP contribution in [0.1, 0.15) is 116 Å². The van der Waals surface area contributed by atoms with Gasteiger partial charge in [0.25, 0.3) is 0 Å². The summed E-state index contributed by atoms with van der Waals surface area (Å²) in [5.74, 6) is 0. The first kappa shape index (κ1) is 23.9. The maximum Gasteiger partial charge on any atom is 0.157 e. The summed E-state index contributed by atoms with van der Waals surface area (Å²) >= 11 is 0. The second-order valence-corrected chi connectivity index (χ2v) is 8.70. The molecule has 1 unspecified atom stereocenters. The van der Waals surface area contributed by atoms with Crippen LogP contribution in [0.4, 0.5) is 0 Å². The van der Waals surface area contributed by atoms with Crippen molar-refractivity contribution in [2.45, 2.75) is 135 Å². The number of hydrogen-bond donors (Lipinski definition) is 0. The van der Waals surface area contributed by atoms with Gasteiger partial charge in [-0.05, 0) is 51.4 Å². The molecular formula is C25H46O3. The monoisotopic (exact) mass is 394 g/mol. The Kier molecular flexibility index (Phi) is 14.0. The van der Waals surface area contributed by atoms with Crippen LogP contribution >= 0.6 is 0 Å². The number of hydrogen-bond acceptors (Lipinski definition) is 3. The molecule has 2 rings (SSSR count). The molecular weight excluding hydrogens is 348 g/mol. The highest BCUT2D eigenvalue weighted by molar-refractivity contribution is 5.02. The number of epoxide rings is 1. The second kappa shape index (κ2) is 16.4. The minimum Gasteiger partial charge on any atom is -0.365 e. The van der Waals surface area contributed by atoms with Gasteiger partial charge >= 0.3 is 0 Å². The highest BCUT2D eigenvalue weighted by Crippen LogP contribution is 2.28. The van der Waals surface area contributed by atoms with Crippen LogP contribution in [-0.4, -0.2) is 31.7 Å². The summed E-state index contributed by atoms with van der Waals surface area (Å²) in [6.45, 7) is 3.99. The summed E-state index contributed by atoms with van der Waals surface area (Å²) in [4.78, 5) is 0. The van der Waals surface area contributed by atoms with E-state index >= 15 is 0 Å². The van der Waals surface area contributed by atoms with E-state index in [0.717, 1.165) is 26.1 Å². The summed E-state index contributed by atoms with van der Waals surface area (Å²) in [6.07, 6.45) is 27.9. The summed E-state index contributed by atoms with van der Waals surface area (Å²) < 4.78 is 17.1. The van der Waals surface area contributed by atoms with Gasteiger partial charge in [0, 0.05) is 13.2 Å². The fourth-order valence-electron chi connectivity index (χ4n) is 4.04. The van der Waals surface area contributed by atoms with Gasteiger partial charge in [-0.2, -0.15) is 0 Å². The predicted octanol–water partition coefficient (Wildman–Crippen LogP) is 7.33. The number of rotatable bonds is 18. The van der Waals surface area contributed by atoms with E-state index < -0.39 is 0 Å². The summed E-state index contributed by atoms with van der Waals surface area (Å²) in [5, 5.41) is 0. The maximum absolute atomic E-state index is 5.78. The average molecular weight is 395 g/mol. The smallest absolute Gasteiger partial charge is 0.157 e. The van der Waals surface area contributed by atoms with Crippen molar-refractivity contribution in [3.8, 4) is 0 Å². The lowest BCUT2D eigenvalue weighted by Crippen LogP contribution is -2.22. The third-order valence-electron chi connectivity index (χ3n) is 6.00. The van der Waals surface area contributed by atoms with Crippen LogP contribution in [0.25, 0.3) is 0 Å². The number of unbranched alkanes of at least 4 members (excludes halogenated alkanes) is 11. The normalized spacial score (nSPS) is 24.8. The summed E-state index contributed by atoms with van der Waals surface area (Å²) in [6, 6.07) is 0.